The molecule has 0 radical (unpaired) electrons. The first-order valence-electron chi connectivity index (χ1n) is 4.37. The van der Waals surface area contributed by atoms with Crippen LogP contribution in [-0.2, 0) is 0 Å². The van der Waals surface area contributed by atoms with E-state index < -0.39 is 0 Å². The highest BCUT2D eigenvalue weighted by Gasteiger charge is 2.01. The zero-order valence-corrected chi connectivity index (χ0v) is 10.7. The molecule has 0 aliphatic carbocycles. The van der Waals surface area contributed by atoms with Gasteiger partial charge in [0.2, 0.25) is 0 Å². The molecule has 0 saturated heterocycles. The number of pyridine rings is 2. The van der Waals surface area contributed by atoms with Crippen molar-refractivity contribution in [3.63, 3.8) is 0 Å². The molecular formula is C10H10N2SSi. The lowest BCUT2D eigenvalue weighted by Gasteiger charge is -2.02. The van der Waals surface area contributed by atoms with Gasteiger partial charge in [-0.2, -0.15) is 0 Å². The zero-order valence-electron chi connectivity index (χ0n) is 7.84. The Bertz CT molecular complexity index is 419. The fourth-order valence-electron chi connectivity index (χ4n) is 1.08. The Morgan fingerprint density at radius 2 is 1.86 bits per heavy atom. The second-order valence-electron chi connectivity index (χ2n) is 2.90. The van der Waals surface area contributed by atoms with Crippen LogP contribution < -0.4 is 5.19 Å². The Morgan fingerprint density at radius 1 is 1.00 bits per heavy atom. The van der Waals surface area contributed by atoms with Crippen molar-refractivity contribution >= 4 is 27.2 Å². The third kappa shape index (κ3) is 2.21. The summed E-state index contributed by atoms with van der Waals surface area (Å²) in [5.74, 6) is 0. The van der Waals surface area contributed by atoms with Gasteiger partial charge < -0.3 is 0 Å². The van der Waals surface area contributed by atoms with Gasteiger partial charge in [-0.3, -0.25) is 0 Å². The van der Waals surface area contributed by atoms with Crippen LogP contribution in [0.2, 0.25) is 0 Å². The van der Waals surface area contributed by atoms with E-state index in [-0.39, 0.29) is 0 Å². The van der Waals surface area contributed by atoms with Crippen molar-refractivity contribution < 1.29 is 0 Å². The fraction of sp³-hybridized carbons (Fsp3) is 0. The molecule has 0 aliphatic heterocycles. The summed E-state index contributed by atoms with van der Waals surface area (Å²) < 4.78 is 0. The van der Waals surface area contributed by atoms with E-state index in [9.17, 15) is 0 Å². The van der Waals surface area contributed by atoms with E-state index in [4.69, 9.17) is 0 Å². The molecule has 2 aromatic heterocycles. The molecule has 2 aromatic rings. The maximum absolute atomic E-state index is 4.33. The second-order valence-corrected chi connectivity index (χ2v) is 4.98. The highest BCUT2D eigenvalue weighted by Crippen LogP contribution is 2.20. The van der Waals surface area contributed by atoms with Gasteiger partial charge in [-0.1, -0.05) is 23.9 Å². The molecule has 0 bridgehead atoms. The molecular weight excluding hydrogens is 208 g/mol. The van der Waals surface area contributed by atoms with Gasteiger partial charge >= 0.3 is 0 Å². The molecule has 4 heteroatoms. The molecule has 14 heavy (non-hydrogen) atoms. The van der Waals surface area contributed by atoms with Crippen molar-refractivity contribution in [2.75, 3.05) is 0 Å². The largest absolute Gasteiger partial charge is 0.250 e. The SMILES string of the molecule is [SiH3]c1cccnc1Sc1ccccn1. The topological polar surface area (TPSA) is 25.8 Å². The number of aromatic nitrogens is 2. The fourth-order valence-corrected chi connectivity index (χ4v) is 2.51. The van der Waals surface area contributed by atoms with E-state index >= 15 is 0 Å². The third-order valence-corrected chi connectivity index (χ3v) is 4.04. The minimum atomic E-state index is 1.00. The first-order valence-corrected chi connectivity index (χ1v) is 6.18. The van der Waals surface area contributed by atoms with Crippen molar-refractivity contribution in [2.24, 2.45) is 0 Å². The second kappa shape index (κ2) is 4.39. The van der Waals surface area contributed by atoms with E-state index in [1.807, 2.05) is 30.5 Å². The lowest BCUT2D eigenvalue weighted by atomic mass is 10.5. The van der Waals surface area contributed by atoms with Crippen molar-refractivity contribution in [1.29, 1.82) is 0 Å². The number of nitrogens with zero attached hydrogens (tertiary/aromatic N) is 2. The quantitative estimate of drug-likeness (QED) is 0.691. The van der Waals surface area contributed by atoms with Crippen molar-refractivity contribution in [1.82, 2.24) is 9.97 Å². The molecule has 0 N–H and O–H groups in total. The minimum Gasteiger partial charge on any atom is -0.250 e. The van der Waals surface area contributed by atoms with Crippen molar-refractivity contribution in [2.45, 2.75) is 10.1 Å². The van der Waals surface area contributed by atoms with Gasteiger partial charge in [0.1, 0.15) is 10.1 Å². The Hall–Kier alpha value is -1.13. The van der Waals surface area contributed by atoms with E-state index in [0.29, 0.717) is 0 Å². The Kier molecular flexibility index (Phi) is 2.95. The van der Waals surface area contributed by atoms with Gasteiger partial charge in [0, 0.05) is 22.6 Å². The first kappa shape index (κ1) is 9.42. The van der Waals surface area contributed by atoms with Gasteiger partial charge in [-0.05, 0) is 23.4 Å². The van der Waals surface area contributed by atoms with E-state index in [1.54, 1.807) is 18.0 Å². The number of hydrogen-bond donors (Lipinski definition) is 0. The monoisotopic (exact) mass is 218 g/mol. The molecule has 2 nitrogen and oxygen atoms in total. The number of hydrogen-bond acceptors (Lipinski definition) is 3. The Morgan fingerprint density at radius 3 is 2.57 bits per heavy atom. The summed E-state index contributed by atoms with van der Waals surface area (Å²) in [7, 11) is 1.03. The van der Waals surface area contributed by atoms with Crippen molar-refractivity contribution in [3.05, 3.63) is 42.7 Å². The third-order valence-electron chi connectivity index (χ3n) is 1.80. The summed E-state index contributed by atoms with van der Waals surface area (Å²) in [4.78, 5) is 8.58. The minimum absolute atomic E-state index is 1.00. The van der Waals surface area contributed by atoms with E-state index in [2.05, 4.69) is 16.0 Å². The Balaban J connectivity index is 2.24. The molecule has 2 rings (SSSR count). The Labute approximate surface area is 90.2 Å². The summed E-state index contributed by atoms with van der Waals surface area (Å²) in [5.41, 5.74) is 0. The lowest BCUT2D eigenvalue weighted by Crippen LogP contribution is -2.06. The van der Waals surface area contributed by atoms with Crippen LogP contribution in [0.5, 0.6) is 0 Å². The zero-order chi connectivity index (χ0) is 9.80. The predicted molar refractivity (Wildman–Crippen MR) is 62.2 cm³/mol. The van der Waals surface area contributed by atoms with Crippen LogP contribution in [0.25, 0.3) is 0 Å². The summed E-state index contributed by atoms with van der Waals surface area (Å²) >= 11 is 1.63. The van der Waals surface area contributed by atoms with Crippen LogP contribution in [0.1, 0.15) is 0 Å². The molecule has 0 spiro atoms. The molecule has 0 fully saturated rings. The standard InChI is InChI=1S/C10H10N2SSi/c14-8-4-3-7-12-10(8)13-9-5-1-2-6-11-9/h1-7H,14H3. The summed E-state index contributed by atoms with van der Waals surface area (Å²) in [6.07, 6.45) is 3.63. The van der Waals surface area contributed by atoms with E-state index in [1.165, 1.54) is 5.19 Å². The van der Waals surface area contributed by atoms with Gasteiger partial charge in [-0.25, -0.2) is 9.97 Å². The van der Waals surface area contributed by atoms with Crippen LogP contribution in [0.3, 0.4) is 0 Å². The van der Waals surface area contributed by atoms with Crippen LogP contribution in [0, 0.1) is 0 Å². The van der Waals surface area contributed by atoms with Crippen LogP contribution >= 0.6 is 11.8 Å². The molecule has 70 valence electrons. The van der Waals surface area contributed by atoms with Gasteiger partial charge in [0.05, 0.1) is 0 Å². The van der Waals surface area contributed by atoms with Crippen molar-refractivity contribution in [3.8, 4) is 0 Å². The van der Waals surface area contributed by atoms with Crippen LogP contribution in [0.4, 0.5) is 0 Å². The average molecular weight is 218 g/mol. The molecule has 0 atom stereocenters. The predicted octanol–water partition coefficient (Wildman–Crippen LogP) is 0.619. The maximum atomic E-state index is 4.33. The molecule has 0 aromatic carbocycles. The summed E-state index contributed by atoms with van der Waals surface area (Å²) in [6.45, 7) is 0. The highest BCUT2D eigenvalue weighted by molar-refractivity contribution is 7.99. The normalized spacial score (nSPS) is 10.3. The molecule has 2 heterocycles. The average Bonchev–Trinajstić information content (AvgIpc) is 2.23. The van der Waals surface area contributed by atoms with E-state index in [0.717, 1.165) is 20.3 Å². The van der Waals surface area contributed by atoms with Crippen LogP contribution in [-0.4, -0.2) is 20.2 Å². The molecule has 0 amide bonds. The summed E-state index contributed by atoms with van der Waals surface area (Å²) in [5, 5.41) is 3.41. The molecule has 0 aliphatic rings. The van der Waals surface area contributed by atoms with Gasteiger partial charge in [0.15, 0.2) is 0 Å². The highest BCUT2D eigenvalue weighted by atomic mass is 32.2. The maximum Gasteiger partial charge on any atom is 0.102 e. The molecule has 0 unspecified atom stereocenters. The smallest absolute Gasteiger partial charge is 0.102 e. The number of rotatable bonds is 2. The van der Waals surface area contributed by atoms with Gasteiger partial charge in [-0.15, -0.1) is 0 Å². The first-order chi connectivity index (χ1) is 6.86. The summed E-state index contributed by atoms with van der Waals surface area (Å²) in [6, 6.07) is 10.0. The van der Waals surface area contributed by atoms with Gasteiger partial charge in [0.25, 0.3) is 0 Å². The molecule has 0 saturated carbocycles. The van der Waals surface area contributed by atoms with Crippen LogP contribution in [0.15, 0.2) is 52.8 Å². The lowest BCUT2D eigenvalue weighted by molar-refractivity contribution is 1.11.